The number of benzene rings is 1. The summed E-state index contributed by atoms with van der Waals surface area (Å²) in [5.41, 5.74) is 3.88. The van der Waals surface area contributed by atoms with Crippen LogP contribution in [0, 0.1) is 13.8 Å². The monoisotopic (exact) mass is 301 g/mol. The summed E-state index contributed by atoms with van der Waals surface area (Å²) in [7, 11) is 0. The number of rotatable bonds is 6. The van der Waals surface area contributed by atoms with E-state index in [1.54, 1.807) is 6.92 Å². The molecule has 2 rings (SSSR count). The van der Waals surface area contributed by atoms with Crippen molar-refractivity contribution < 1.29 is 9.53 Å². The van der Waals surface area contributed by atoms with Gasteiger partial charge < -0.3 is 10.1 Å². The summed E-state index contributed by atoms with van der Waals surface area (Å²) in [6.07, 6.45) is 7.78. The van der Waals surface area contributed by atoms with Crippen LogP contribution in [0.2, 0.25) is 0 Å². The Labute approximate surface area is 133 Å². The number of allylic oxidation sites excluding steroid dienone is 1. The first-order valence-corrected chi connectivity index (χ1v) is 8.26. The van der Waals surface area contributed by atoms with E-state index in [1.807, 2.05) is 25.1 Å². The maximum Gasteiger partial charge on any atom is 0.260 e. The number of amides is 1. The number of hydrogen-bond donors (Lipinski definition) is 1. The second-order valence-electron chi connectivity index (χ2n) is 6.16. The third-order valence-corrected chi connectivity index (χ3v) is 4.29. The molecule has 1 N–H and O–H groups in total. The zero-order valence-corrected chi connectivity index (χ0v) is 13.9. The van der Waals surface area contributed by atoms with Crippen LogP contribution in [0.3, 0.4) is 0 Å². The van der Waals surface area contributed by atoms with Crippen molar-refractivity contribution in [2.24, 2.45) is 0 Å². The summed E-state index contributed by atoms with van der Waals surface area (Å²) in [6.45, 7) is 6.61. The van der Waals surface area contributed by atoms with E-state index in [4.69, 9.17) is 4.74 Å². The zero-order valence-electron chi connectivity index (χ0n) is 13.9. The summed E-state index contributed by atoms with van der Waals surface area (Å²) in [6, 6.07) is 5.91. The molecule has 1 aliphatic carbocycles. The minimum absolute atomic E-state index is 0.0466. The average molecular weight is 301 g/mol. The standard InChI is InChI=1S/C19H27NO2/c1-14-9-10-18(13-15(14)2)22-16(3)19(21)20-12-11-17-7-5-4-6-8-17/h7,9-10,13,16H,4-6,8,11-12H2,1-3H3,(H,20,21)/t16-/m0/s1. The minimum atomic E-state index is -0.470. The zero-order chi connectivity index (χ0) is 15.9. The van der Waals surface area contributed by atoms with Gasteiger partial charge in [-0.25, -0.2) is 0 Å². The predicted octanol–water partition coefficient (Wildman–Crippen LogP) is 4.08. The molecule has 1 aliphatic rings. The highest BCUT2D eigenvalue weighted by molar-refractivity contribution is 5.80. The second-order valence-corrected chi connectivity index (χ2v) is 6.16. The Hall–Kier alpha value is -1.77. The van der Waals surface area contributed by atoms with Gasteiger partial charge in [0.1, 0.15) is 5.75 Å². The van der Waals surface area contributed by atoms with Crippen LogP contribution in [0.25, 0.3) is 0 Å². The van der Waals surface area contributed by atoms with Gasteiger partial charge in [-0.2, -0.15) is 0 Å². The number of carbonyl (C=O) groups is 1. The summed E-state index contributed by atoms with van der Waals surface area (Å²) < 4.78 is 5.73. The van der Waals surface area contributed by atoms with Gasteiger partial charge in [0.15, 0.2) is 6.10 Å². The Kier molecular flexibility index (Phi) is 6.05. The molecule has 0 aliphatic heterocycles. The maximum atomic E-state index is 12.1. The first-order chi connectivity index (χ1) is 10.6. The number of nitrogens with one attached hydrogen (secondary N) is 1. The van der Waals surface area contributed by atoms with E-state index in [0.29, 0.717) is 6.54 Å². The van der Waals surface area contributed by atoms with E-state index in [-0.39, 0.29) is 5.91 Å². The molecule has 3 heteroatoms. The summed E-state index contributed by atoms with van der Waals surface area (Å²) in [5, 5.41) is 2.97. The second kappa shape index (κ2) is 8.02. The Bertz CT molecular complexity index is 548. The fraction of sp³-hybridized carbons (Fsp3) is 0.526. The van der Waals surface area contributed by atoms with Gasteiger partial charge in [-0.05, 0) is 76.1 Å². The number of ether oxygens (including phenoxy) is 1. The van der Waals surface area contributed by atoms with Crippen LogP contribution in [-0.4, -0.2) is 18.6 Å². The summed E-state index contributed by atoms with van der Waals surface area (Å²) in [4.78, 5) is 12.1. The van der Waals surface area contributed by atoms with Gasteiger partial charge in [0.2, 0.25) is 0 Å². The van der Waals surface area contributed by atoms with Crippen molar-refractivity contribution in [1.29, 1.82) is 0 Å². The molecule has 1 aromatic rings. The van der Waals surface area contributed by atoms with Crippen molar-refractivity contribution >= 4 is 5.91 Å². The molecular weight excluding hydrogens is 274 g/mol. The molecule has 0 spiro atoms. The van der Waals surface area contributed by atoms with Crippen LogP contribution in [0.15, 0.2) is 29.8 Å². The van der Waals surface area contributed by atoms with Crippen molar-refractivity contribution in [2.45, 2.75) is 59.0 Å². The lowest BCUT2D eigenvalue weighted by Gasteiger charge is -2.17. The summed E-state index contributed by atoms with van der Waals surface area (Å²) >= 11 is 0. The molecule has 0 saturated heterocycles. The third-order valence-electron chi connectivity index (χ3n) is 4.29. The minimum Gasteiger partial charge on any atom is -0.481 e. The predicted molar refractivity (Wildman–Crippen MR) is 90.2 cm³/mol. The normalized spacial score (nSPS) is 15.9. The molecule has 0 radical (unpaired) electrons. The van der Waals surface area contributed by atoms with Crippen LogP contribution < -0.4 is 10.1 Å². The molecule has 0 saturated carbocycles. The highest BCUT2D eigenvalue weighted by atomic mass is 16.5. The van der Waals surface area contributed by atoms with Crippen LogP contribution in [0.5, 0.6) is 5.75 Å². The molecule has 0 fully saturated rings. The van der Waals surface area contributed by atoms with Gasteiger partial charge in [0, 0.05) is 6.54 Å². The van der Waals surface area contributed by atoms with Gasteiger partial charge in [-0.1, -0.05) is 17.7 Å². The molecule has 120 valence electrons. The van der Waals surface area contributed by atoms with Crippen LogP contribution >= 0.6 is 0 Å². The Morgan fingerprint density at radius 3 is 2.77 bits per heavy atom. The third kappa shape index (κ3) is 4.90. The van der Waals surface area contributed by atoms with E-state index in [0.717, 1.165) is 12.2 Å². The molecule has 1 aromatic carbocycles. The van der Waals surface area contributed by atoms with Crippen LogP contribution in [0.4, 0.5) is 0 Å². The maximum absolute atomic E-state index is 12.1. The molecule has 1 amide bonds. The van der Waals surface area contributed by atoms with Gasteiger partial charge in [-0.15, -0.1) is 0 Å². The van der Waals surface area contributed by atoms with E-state index < -0.39 is 6.10 Å². The lowest BCUT2D eigenvalue weighted by Crippen LogP contribution is -2.37. The van der Waals surface area contributed by atoms with Crippen LogP contribution in [0.1, 0.15) is 50.2 Å². The van der Waals surface area contributed by atoms with Crippen molar-refractivity contribution in [1.82, 2.24) is 5.32 Å². The van der Waals surface area contributed by atoms with Crippen molar-refractivity contribution in [3.63, 3.8) is 0 Å². The van der Waals surface area contributed by atoms with E-state index >= 15 is 0 Å². The van der Waals surface area contributed by atoms with Crippen molar-refractivity contribution in [2.75, 3.05) is 6.54 Å². The first kappa shape index (κ1) is 16.6. The highest BCUT2D eigenvalue weighted by Crippen LogP contribution is 2.20. The quantitative estimate of drug-likeness (QED) is 0.804. The molecule has 0 aromatic heterocycles. The fourth-order valence-corrected chi connectivity index (χ4v) is 2.67. The van der Waals surface area contributed by atoms with Gasteiger partial charge in [-0.3, -0.25) is 4.79 Å². The molecular formula is C19H27NO2. The van der Waals surface area contributed by atoms with E-state index in [2.05, 4.69) is 18.3 Å². The Morgan fingerprint density at radius 1 is 1.27 bits per heavy atom. The Balaban J connectivity index is 1.76. The number of aryl methyl sites for hydroxylation is 2. The van der Waals surface area contributed by atoms with Gasteiger partial charge >= 0.3 is 0 Å². The van der Waals surface area contributed by atoms with Crippen LogP contribution in [-0.2, 0) is 4.79 Å². The van der Waals surface area contributed by atoms with Gasteiger partial charge in [0.25, 0.3) is 5.91 Å². The number of carbonyl (C=O) groups excluding carboxylic acids is 1. The van der Waals surface area contributed by atoms with E-state index in [1.165, 1.54) is 42.4 Å². The SMILES string of the molecule is Cc1ccc(O[C@@H](C)C(=O)NCCC2=CCCCC2)cc1C. The molecule has 1 atom stereocenters. The molecule has 0 unspecified atom stereocenters. The lowest BCUT2D eigenvalue weighted by atomic mass is 9.97. The van der Waals surface area contributed by atoms with E-state index in [9.17, 15) is 4.79 Å². The lowest BCUT2D eigenvalue weighted by molar-refractivity contribution is -0.127. The smallest absolute Gasteiger partial charge is 0.260 e. The molecule has 0 heterocycles. The summed E-state index contributed by atoms with van der Waals surface area (Å²) in [5.74, 6) is 0.704. The molecule has 22 heavy (non-hydrogen) atoms. The molecule has 3 nitrogen and oxygen atoms in total. The van der Waals surface area contributed by atoms with Gasteiger partial charge in [0.05, 0.1) is 0 Å². The first-order valence-electron chi connectivity index (χ1n) is 8.26. The van der Waals surface area contributed by atoms with Crippen molar-refractivity contribution in [3.8, 4) is 5.75 Å². The highest BCUT2D eigenvalue weighted by Gasteiger charge is 2.14. The number of hydrogen-bond acceptors (Lipinski definition) is 2. The largest absolute Gasteiger partial charge is 0.481 e. The topological polar surface area (TPSA) is 38.3 Å². The fourth-order valence-electron chi connectivity index (χ4n) is 2.67. The van der Waals surface area contributed by atoms with Crippen molar-refractivity contribution in [3.05, 3.63) is 41.0 Å². The average Bonchev–Trinajstić information content (AvgIpc) is 2.52. The molecule has 0 bridgehead atoms. The Morgan fingerprint density at radius 2 is 2.09 bits per heavy atom.